The number of benzene rings is 1. The molecule has 0 aliphatic rings. The second-order valence-electron chi connectivity index (χ2n) is 2.99. The number of amides is 1. The van der Waals surface area contributed by atoms with Crippen LogP contribution in [0.3, 0.4) is 0 Å². The summed E-state index contributed by atoms with van der Waals surface area (Å²) in [5.74, 6) is -1.72. The lowest BCUT2D eigenvalue weighted by Crippen LogP contribution is -2.19. The highest BCUT2D eigenvalue weighted by Gasteiger charge is 2.10. The van der Waals surface area contributed by atoms with Gasteiger partial charge in [0.2, 0.25) is 5.91 Å². The highest BCUT2D eigenvalue weighted by atomic mass is 19.1. The van der Waals surface area contributed by atoms with Gasteiger partial charge in [-0.15, -0.1) is 0 Å². The third-order valence-electron chi connectivity index (χ3n) is 1.85. The van der Waals surface area contributed by atoms with Crippen molar-refractivity contribution in [2.45, 2.75) is 13.5 Å². The summed E-state index contributed by atoms with van der Waals surface area (Å²) in [5.41, 5.74) is 0.0866. The number of halogens is 2. The van der Waals surface area contributed by atoms with E-state index in [9.17, 15) is 13.6 Å². The van der Waals surface area contributed by atoms with Crippen molar-refractivity contribution in [1.82, 2.24) is 5.32 Å². The molecule has 82 valence electrons. The van der Waals surface area contributed by atoms with Gasteiger partial charge in [0.1, 0.15) is 5.82 Å². The van der Waals surface area contributed by atoms with Gasteiger partial charge in [0.15, 0.2) is 11.6 Å². The van der Waals surface area contributed by atoms with E-state index < -0.39 is 11.6 Å². The minimum absolute atomic E-state index is 0.0396. The molecule has 0 fully saturated rings. The summed E-state index contributed by atoms with van der Waals surface area (Å²) in [4.78, 5) is 10.6. The predicted molar refractivity (Wildman–Crippen MR) is 50.4 cm³/mol. The van der Waals surface area contributed by atoms with Gasteiger partial charge in [0, 0.05) is 25.1 Å². The van der Waals surface area contributed by atoms with Crippen LogP contribution in [-0.2, 0) is 11.3 Å². The third-order valence-corrected chi connectivity index (χ3v) is 1.85. The van der Waals surface area contributed by atoms with E-state index in [1.807, 2.05) is 0 Å². The Bertz CT molecular complexity index is 380. The maximum Gasteiger partial charge on any atom is 0.217 e. The van der Waals surface area contributed by atoms with E-state index >= 15 is 0 Å². The first-order valence-electron chi connectivity index (χ1n) is 4.31. The molecule has 0 aliphatic heterocycles. The number of hydrogen-bond acceptors (Lipinski definition) is 2. The van der Waals surface area contributed by atoms with Crippen LogP contribution in [0.2, 0.25) is 0 Å². The molecule has 0 radical (unpaired) electrons. The number of carbonyl (C=O) groups is 1. The zero-order valence-electron chi connectivity index (χ0n) is 8.43. The SMILES string of the molecule is COc1cc(F)c(CNC(C)=O)cc1F. The first-order valence-corrected chi connectivity index (χ1v) is 4.31. The fourth-order valence-corrected chi connectivity index (χ4v) is 1.08. The lowest BCUT2D eigenvalue weighted by molar-refractivity contribution is -0.119. The van der Waals surface area contributed by atoms with Crippen LogP contribution in [0.4, 0.5) is 8.78 Å². The first kappa shape index (κ1) is 11.4. The fourth-order valence-electron chi connectivity index (χ4n) is 1.08. The van der Waals surface area contributed by atoms with Gasteiger partial charge in [-0.25, -0.2) is 8.78 Å². The molecule has 1 aromatic rings. The average molecular weight is 215 g/mol. The Kier molecular flexibility index (Phi) is 3.60. The summed E-state index contributed by atoms with van der Waals surface area (Å²) in [6, 6.07) is 1.95. The standard InChI is InChI=1S/C10H11F2NO2/c1-6(14)13-5-7-3-9(12)10(15-2)4-8(7)11/h3-4H,5H2,1-2H3,(H,13,14). The molecular formula is C10H11F2NO2. The summed E-state index contributed by atoms with van der Waals surface area (Å²) in [6.45, 7) is 1.26. The van der Waals surface area contributed by atoms with Crippen molar-refractivity contribution in [2.75, 3.05) is 7.11 Å². The fraction of sp³-hybridized carbons (Fsp3) is 0.300. The lowest BCUT2D eigenvalue weighted by Gasteiger charge is -2.07. The number of nitrogens with one attached hydrogen (secondary N) is 1. The summed E-state index contributed by atoms with van der Waals surface area (Å²) < 4.78 is 31.0. The van der Waals surface area contributed by atoms with Gasteiger partial charge in [-0.05, 0) is 6.07 Å². The lowest BCUT2D eigenvalue weighted by atomic mass is 10.2. The molecule has 0 heterocycles. The zero-order chi connectivity index (χ0) is 11.4. The van der Waals surface area contributed by atoms with Crippen molar-refractivity contribution in [3.63, 3.8) is 0 Å². The third kappa shape index (κ3) is 2.90. The highest BCUT2D eigenvalue weighted by Crippen LogP contribution is 2.20. The van der Waals surface area contributed by atoms with Gasteiger partial charge in [0.25, 0.3) is 0 Å². The van der Waals surface area contributed by atoms with Gasteiger partial charge in [-0.1, -0.05) is 0 Å². The molecule has 0 unspecified atom stereocenters. The van der Waals surface area contributed by atoms with Crippen LogP contribution in [0.15, 0.2) is 12.1 Å². The van der Waals surface area contributed by atoms with Gasteiger partial charge >= 0.3 is 0 Å². The molecule has 1 amide bonds. The normalized spacial score (nSPS) is 9.87. The van der Waals surface area contributed by atoms with Crippen LogP contribution in [0.5, 0.6) is 5.75 Å². The Labute approximate surface area is 86.0 Å². The summed E-state index contributed by atoms with van der Waals surface area (Å²) >= 11 is 0. The van der Waals surface area contributed by atoms with E-state index in [0.717, 1.165) is 12.1 Å². The van der Waals surface area contributed by atoms with Crippen LogP contribution >= 0.6 is 0 Å². The summed E-state index contributed by atoms with van der Waals surface area (Å²) in [6.07, 6.45) is 0. The summed E-state index contributed by atoms with van der Waals surface area (Å²) in [7, 11) is 1.26. The average Bonchev–Trinajstić information content (AvgIpc) is 2.18. The van der Waals surface area contributed by atoms with Crippen molar-refractivity contribution >= 4 is 5.91 Å². The Hall–Kier alpha value is -1.65. The first-order chi connectivity index (χ1) is 7.04. The molecule has 0 saturated carbocycles. The van der Waals surface area contributed by atoms with E-state index in [2.05, 4.69) is 10.1 Å². The van der Waals surface area contributed by atoms with Crippen LogP contribution in [0.25, 0.3) is 0 Å². The smallest absolute Gasteiger partial charge is 0.217 e. The second kappa shape index (κ2) is 4.72. The van der Waals surface area contributed by atoms with E-state index in [1.54, 1.807) is 0 Å². The topological polar surface area (TPSA) is 38.3 Å². The highest BCUT2D eigenvalue weighted by molar-refractivity contribution is 5.72. The van der Waals surface area contributed by atoms with Crippen LogP contribution in [0.1, 0.15) is 12.5 Å². The van der Waals surface area contributed by atoms with Gasteiger partial charge in [-0.3, -0.25) is 4.79 Å². The number of ether oxygens (including phenoxy) is 1. The van der Waals surface area contributed by atoms with Crippen molar-refractivity contribution in [2.24, 2.45) is 0 Å². The van der Waals surface area contributed by atoms with Crippen LogP contribution in [-0.4, -0.2) is 13.0 Å². The van der Waals surface area contributed by atoms with Crippen molar-refractivity contribution in [3.05, 3.63) is 29.3 Å². The second-order valence-corrected chi connectivity index (χ2v) is 2.99. The molecule has 0 bridgehead atoms. The monoisotopic (exact) mass is 215 g/mol. The van der Waals surface area contributed by atoms with Gasteiger partial charge in [-0.2, -0.15) is 0 Å². The van der Waals surface area contributed by atoms with E-state index in [-0.39, 0.29) is 23.8 Å². The Morgan fingerprint density at radius 3 is 2.60 bits per heavy atom. The molecule has 0 atom stereocenters. The van der Waals surface area contributed by atoms with Crippen molar-refractivity contribution < 1.29 is 18.3 Å². The number of carbonyl (C=O) groups excluding carboxylic acids is 1. The predicted octanol–water partition coefficient (Wildman–Crippen LogP) is 1.61. The largest absolute Gasteiger partial charge is 0.494 e. The molecule has 0 aromatic heterocycles. The zero-order valence-corrected chi connectivity index (χ0v) is 8.43. The molecule has 1 rings (SSSR count). The van der Waals surface area contributed by atoms with Gasteiger partial charge in [0.05, 0.1) is 7.11 Å². The molecule has 3 nitrogen and oxygen atoms in total. The van der Waals surface area contributed by atoms with Gasteiger partial charge < -0.3 is 10.1 Å². The quantitative estimate of drug-likeness (QED) is 0.831. The molecule has 0 spiro atoms. The van der Waals surface area contributed by atoms with E-state index in [0.29, 0.717) is 0 Å². The number of rotatable bonds is 3. The van der Waals surface area contributed by atoms with E-state index in [4.69, 9.17) is 0 Å². The number of methoxy groups -OCH3 is 1. The van der Waals surface area contributed by atoms with Crippen LogP contribution in [0, 0.1) is 11.6 Å². The minimum Gasteiger partial charge on any atom is -0.494 e. The summed E-state index contributed by atoms with van der Waals surface area (Å²) in [5, 5.41) is 2.38. The Balaban J connectivity index is 2.90. The Morgan fingerprint density at radius 1 is 1.40 bits per heavy atom. The Morgan fingerprint density at radius 2 is 2.07 bits per heavy atom. The number of hydrogen-bond donors (Lipinski definition) is 1. The maximum absolute atomic E-state index is 13.3. The molecule has 0 aliphatic carbocycles. The van der Waals surface area contributed by atoms with E-state index in [1.165, 1.54) is 14.0 Å². The molecule has 15 heavy (non-hydrogen) atoms. The van der Waals surface area contributed by atoms with Crippen molar-refractivity contribution in [1.29, 1.82) is 0 Å². The molecule has 0 saturated heterocycles. The molecule has 1 aromatic carbocycles. The molecule has 1 N–H and O–H groups in total. The maximum atomic E-state index is 13.3. The molecule has 5 heteroatoms. The molecular weight excluding hydrogens is 204 g/mol. The van der Waals surface area contributed by atoms with Crippen LogP contribution < -0.4 is 10.1 Å². The van der Waals surface area contributed by atoms with Crippen molar-refractivity contribution in [3.8, 4) is 5.75 Å². The minimum atomic E-state index is -0.653.